The Bertz CT molecular complexity index is 410. The lowest BCUT2D eigenvalue weighted by molar-refractivity contribution is 1.26. The lowest BCUT2D eigenvalue weighted by Gasteiger charge is -2.07. The fraction of sp³-hybridized carbons (Fsp3) is 0.0833. The fourth-order valence-corrected chi connectivity index (χ4v) is 1.27. The molecule has 0 aliphatic heterocycles. The first-order valence-electron chi connectivity index (χ1n) is 4.60. The molecule has 0 saturated carbocycles. The molecule has 0 atom stereocenters. The van der Waals surface area contributed by atoms with Crippen LogP contribution in [-0.4, -0.2) is 4.98 Å². The van der Waals surface area contributed by atoms with Crippen LogP contribution in [0.1, 0.15) is 5.56 Å². The average molecular weight is 184 g/mol. The van der Waals surface area contributed by atoms with E-state index in [9.17, 15) is 0 Å². The van der Waals surface area contributed by atoms with Crippen LogP contribution in [0.25, 0.3) is 0 Å². The molecule has 70 valence electrons. The Hall–Kier alpha value is -1.83. The van der Waals surface area contributed by atoms with Crippen LogP contribution in [0.4, 0.5) is 11.5 Å². The molecule has 0 unspecified atom stereocenters. The van der Waals surface area contributed by atoms with Crippen molar-refractivity contribution in [1.29, 1.82) is 0 Å². The Kier molecular flexibility index (Phi) is 2.45. The molecule has 0 aliphatic rings. The SMILES string of the molecule is Cc1cccnc1Nc1ccccc1. The van der Waals surface area contributed by atoms with Gasteiger partial charge in [-0.1, -0.05) is 24.3 Å². The molecule has 14 heavy (non-hydrogen) atoms. The van der Waals surface area contributed by atoms with Crippen LogP contribution in [0.3, 0.4) is 0 Å². The first-order chi connectivity index (χ1) is 6.86. The molecule has 1 aromatic carbocycles. The van der Waals surface area contributed by atoms with Gasteiger partial charge in [0.15, 0.2) is 0 Å². The van der Waals surface area contributed by atoms with E-state index in [1.54, 1.807) is 6.20 Å². The van der Waals surface area contributed by atoms with E-state index in [1.165, 1.54) is 0 Å². The number of nitrogens with one attached hydrogen (secondary N) is 1. The van der Waals surface area contributed by atoms with Crippen LogP contribution in [0.2, 0.25) is 0 Å². The van der Waals surface area contributed by atoms with Crippen molar-refractivity contribution in [3.05, 3.63) is 54.2 Å². The summed E-state index contributed by atoms with van der Waals surface area (Å²) in [6, 6.07) is 14.0. The topological polar surface area (TPSA) is 24.9 Å². The highest BCUT2D eigenvalue weighted by atomic mass is 15.0. The van der Waals surface area contributed by atoms with E-state index in [1.807, 2.05) is 49.4 Å². The van der Waals surface area contributed by atoms with E-state index in [0.717, 1.165) is 17.1 Å². The predicted molar refractivity (Wildman–Crippen MR) is 58.7 cm³/mol. The molecule has 0 aliphatic carbocycles. The number of aryl methyl sites for hydroxylation is 1. The Balaban J connectivity index is 2.24. The van der Waals surface area contributed by atoms with E-state index in [-0.39, 0.29) is 0 Å². The van der Waals surface area contributed by atoms with Gasteiger partial charge < -0.3 is 5.32 Å². The average Bonchev–Trinajstić information content (AvgIpc) is 2.23. The van der Waals surface area contributed by atoms with Crippen LogP contribution < -0.4 is 5.32 Å². The van der Waals surface area contributed by atoms with Crippen LogP contribution in [0, 0.1) is 6.92 Å². The number of hydrogen-bond donors (Lipinski definition) is 1. The smallest absolute Gasteiger partial charge is 0.133 e. The zero-order valence-corrected chi connectivity index (χ0v) is 8.07. The van der Waals surface area contributed by atoms with Gasteiger partial charge in [0.2, 0.25) is 0 Å². The number of benzene rings is 1. The third kappa shape index (κ3) is 1.91. The summed E-state index contributed by atoms with van der Waals surface area (Å²) < 4.78 is 0. The first kappa shape index (κ1) is 8.75. The molecule has 2 heteroatoms. The summed E-state index contributed by atoms with van der Waals surface area (Å²) in [6.45, 7) is 2.04. The summed E-state index contributed by atoms with van der Waals surface area (Å²) in [7, 11) is 0. The van der Waals surface area contributed by atoms with Gasteiger partial charge >= 0.3 is 0 Å². The zero-order valence-electron chi connectivity index (χ0n) is 8.07. The molecule has 0 spiro atoms. The summed E-state index contributed by atoms with van der Waals surface area (Å²) >= 11 is 0. The van der Waals surface area contributed by atoms with Crippen molar-refractivity contribution in [3.8, 4) is 0 Å². The second-order valence-electron chi connectivity index (χ2n) is 3.16. The van der Waals surface area contributed by atoms with Crippen LogP contribution in [-0.2, 0) is 0 Å². The van der Waals surface area contributed by atoms with Gasteiger partial charge in [-0.3, -0.25) is 0 Å². The van der Waals surface area contributed by atoms with Gasteiger partial charge in [0.25, 0.3) is 0 Å². The third-order valence-electron chi connectivity index (χ3n) is 2.05. The molecular weight excluding hydrogens is 172 g/mol. The second kappa shape index (κ2) is 3.92. The molecule has 0 bridgehead atoms. The van der Waals surface area contributed by atoms with Gasteiger partial charge in [0.05, 0.1) is 0 Å². The Labute approximate surface area is 83.6 Å². The van der Waals surface area contributed by atoms with Crippen molar-refractivity contribution in [2.45, 2.75) is 6.92 Å². The number of anilines is 2. The highest BCUT2D eigenvalue weighted by Gasteiger charge is 1.97. The molecule has 2 rings (SSSR count). The first-order valence-corrected chi connectivity index (χ1v) is 4.60. The molecule has 2 nitrogen and oxygen atoms in total. The van der Waals surface area contributed by atoms with E-state index >= 15 is 0 Å². The molecule has 2 aromatic rings. The van der Waals surface area contributed by atoms with Crippen molar-refractivity contribution < 1.29 is 0 Å². The van der Waals surface area contributed by atoms with E-state index < -0.39 is 0 Å². The molecular formula is C12H12N2. The quantitative estimate of drug-likeness (QED) is 0.775. The van der Waals surface area contributed by atoms with Gasteiger partial charge in [0.1, 0.15) is 5.82 Å². The van der Waals surface area contributed by atoms with Crippen LogP contribution in [0.5, 0.6) is 0 Å². The van der Waals surface area contributed by atoms with Crippen molar-refractivity contribution >= 4 is 11.5 Å². The second-order valence-corrected chi connectivity index (χ2v) is 3.16. The maximum Gasteiger partial charge on any atom is 0.133 e. The van der Waals surface area contributed by atoms with Gasteiger partial charge in [0, 0.05) is 11.9 Å². The van der Waals surface area contributed by atoms with Crippen molar-refractivity contribution in [2.75, 3.05) is 5.32 Å². The lowest BCUT2D eigenvalue weighted by atomic mass is 10.2. The zero-order chi connectivity index (χ0) is 9.80. The summed E-state index contributed by atoms with van der Waals surface area (Å²) in [5, 5.41) is 3.26. The largest absolute Gasteiger partial charge is 0.340 e. The fourth-order valence-electron chi connectivity index (χ4n) is 1.27. The normalized spacial score (nSPS) is 9.79. The summed E-state index contributed by atoms with van der Waals surface area (Å²) in [5.74, 6) is 0.915. The van der Waals surface area contributed by atoms with E-state index in [0.29, 0.717) is 0 Å². The van der Waals surface area contributed by atoms with Gasteiger partial charge in [-0.25, -0.2) is 4.98 Å². The van der Waals surface area contributed by atoms with E-state index in [4.69, 9.17) is 0 Å². The predicted octanol–water partition coefficient (Wildman–Crippen LogP) is 3.13. The van der Waals surface area contributed by atoms with E-state index in [2.05, 4.69) is 10.3 Å². The third-order valence-corrected chi connectivity index (χ3v) is 2.05. The summed E-state index contributed by atoms with van der Waals surface area (Å²) in [6.07, 6.45) is 1.79. The van der Waals surface area contributed by atoms with Crippen molar-refractivity contribution in [3.63, 3.8) is 0 Å². The molecule has 0 amide bonds. The summed E-state index contributed by atoms with van der Waals surface area (Å²) in [4.78, 5) is 4.26. The minimum atomic E-state index is 0.915. The monoisotopic (exact) mass is 184 g/mol. The molecule has 0 radical (unpaired) electrons. The number of rotatable bonds is 2. The minimum absolute atomic E-state index is 0.915. The Morgan fingerprint density at radius 3 is 2.50 bits per heavy atom. The number of hydrogen-bond acceptors (Lipinski definition) is 2. The highest BCUT2D eigenvalue weighted by molar-refractivity contribution is 5.58. The molecule has 1 heterocycles. The van der Waals surface area contributed by atoms with Crippen LogP contribution in [0.15, 0.2) is 48.7 Å². The number of para-hydroxylation sites is 1. The van der Waals surface area contributed by atoms with Crippen molar-refractivity contribution in [2.24, 2.45) is 0 Å². The molecule has 0 fully saturated rings. The van der Waals surface area contributed by atoms with Crippen LogP contribution >= 0.6 is 0 Å². The maximum absolute atomic E-state index is 4.26. The minimum Gasteiger partial charge on any atom is -0.340 e. The Morgan fingerprint density at radius 2 is 1.79 bits per heavy atom. The van der Waals surface area contributed by atoms with Crippen molar-refractivity contribution in [1.82, 2.24) is 4.98 Å². The number of nitrogens with zero attached hydrogens (tertiary/aromatic N) is 1. The molecule has 1 aromatic heterocycles. The highest BCUT2D eigenvalue weighted by Crippen LogP contribution is 2.16. The molecule has 0 saturated heterocycles. The van der Waals surface area contributed by atoms with Gasteiger partial charge in [-0.15, -0.1) is 0 Å². The van der Waals surface area contributed by atoms with Gasteiger partial charge in [-0.05, 0) is 30.7 Å². The summed E-state index contributed by atoms with van der Waals surface area (Å²) in [5.41, 5.74) is 2.21. The number of aromatic nitrogens is 1. The standard InChI is InChI=1S/C12H12N2/c1-10-6-5-9-13-12(10)14-11-7-3-2-4-8-11/h2-9H,1H3,(H,13,14). The maximum atomic E-state index is 4.26. The Morgan fingerprint density at radius 1 is 1.00 bits per heavy atom. The van der Waals surface area contributed by atoms with Gasteiger partial charge in [-0.2, -0.15) is 0 Å². The number of pyridine rings is 1. The lowest BCUT2D eigenvalue weighted by Crippen LogP contribution is -1.94. The molecule has 1 N–H and O–H groups in total.